The monoisotopic (exact) mass is 385 g/mol. The van der Waals surface area contributed by atoms with Crippen LogP contribution in [0, 0.1) is 0 Å². The summed E-state index contributed by atoms with van der Waals surface area (Å²) >= 11 is 0. The third-order valence-corrected chi connectivity index (χ3v) is 6.86. The highest BCUT2D eigenvalue weighted by Crippen LogP contribution is 2.24. The number of amides is 2. The summed E-state index contributed by atoms with van der Waals surface area (Å²) in [6, 6.07) is 9.57. The summed E-state index contributed by atoms with van der Waals surface area (Å²) < 4.78 is 26.9. The number of carbonyl (C=O) groups is 2. The number of hydrogen-bond acceptors (Lipinski definition) is 5. The molecular weight excluding hydrogens is 366 g/mol. The van der Waals surface area contributed by atoms with Gasteiger partial charge in [0, 0.05) is 19.3 Å². The summed E-state index contributed by atoms with van der Waals surface area (Å²) in [4.78, 5) is 30.1. The second kappa shape index (κ2) is 6.86. The van der Waals surface area contributed by atoms with E-state index in [1.54, 1.807) is 24.3 Å². The lowest BCUT2D eigenvalue weighted by Gasteiger charge is -2.26. The molecule has 140 valence electrons. The van der Waals surface area contributed by atoms with E-state index in [9.17, 15) is 18.0 Å². The van der Waals surface area contributed by atoms with Crippen LogP contribution in [0.5, 0.6) is 0 Å². The maximum atomic E-state index is 12.7. The Morgan fingerprint density at radius 3 is 2.30 bits per heavy atom. The molecule has 2 aliphatic rings. The molecule has 0 unspecified atom stereocenters. The van der Waals surface area contributed by atoms with E-state index in [-0.39, 0.29) is 23.0 Å². The van der Waals surface area contributed by atoms with Gasteiger partial charge in [0.2, 0.25) is 10.0 Å². The van der Waals surface area contributed by atoms with Gasteiger partial charge in [-0.25, -0.2) is 8.42 Å². The molecule has 0 atom stereocenters. The summed E-state index contributed by atoms with van der Waals surface area (Å²) in [7, 11) is -3.50. The summed E-state index contributed by atoms with van der Waals surface area (Å²) in [6.45, 7) is 1.18. The van der Waals surface area contributed by atoms with E-state index in [1.165, 1.54) is 22.6 Å². The van der Waals surface area contributed by atoms with Gasteiger partial charge in [0.1, 0.15) is 5.69 Å². The molecule has 2 amide bonds. The first kappa shape index (κ1) is 17.8. The van der Waals surface area contributed by atoms with Crippen molar-refractivity contribution >= 4 is 21.8 Å². The number of hydrogen-bond donors (Lipinski definition) is 0. The van der Waals surface area contributed by atoms with E-state index in [1.807, 2.05) is 0 Å². The fourth-order valence-corrected chi connectivity index (χ4v) is 4.98. The molecule has 1 aromatic heterocycles. The van der Waals surface area contributed by atoms with Crippen molar-refractivity contribution < 1.29 is 18.0 Å². The molecular formula is C19H19N3O4S. The van der Waals surface area contributed by atoms with Gasteiger partial charge in [0.15, 0.2) is 0 Å². The second-order valence-corrected chi connectivity index (χ2v) is 8.64. The number of fused-ring (bicyclic) bond motifs is 1. The van der Waals surface area contributed by atoms with Crippen LogP contribution in [0.3, 0.4) is 0 Å². The minimum absolute atomic E-state index is 0.0814. The van der Waals surface area contributed by atoms with E-state index < -0.39 is 15.9 Å². The minimum Gasteiger partial charge on any atom is -0.268 e. The topological polar surface area (TPSA) is 87.6 Å². The lowest BCUT2D eigenvalue weighted by atomic mass is 10.2. The number of piperidine rings is 1. The lowest BCUT2D eigenvalue weighted by molar-refractivity contribution is 0.0640. The quantitative estimate of drug-likeness (QED) is 0.752. The lowest BCUT2D eigenvalue weighted by Crippen LogP contribution is -2.35. The van der Waals surface area contributed by atoms with Crippen molar-refractivity contribution in [1.82, 2.24) is 14.2 Å². The molecule has 0 bridgehead atoms. The van der Waals surface area contributed by atoms with Crippen molar-refractivity contribution in [3.8, 4) is 0 Å². The Morgan fingerprint density at radius 2 is 1.63 bits per heavy atom. The van der Waals surface area contributed by atoms with Crippen molar-refractivity contribution in [1.29, 1.82) is 0 Å². The Labute approximate surface area is 157 Å². The third kappa shape index (κ3) is 3.15. The van der Waals surface area contributed by atoms with Crippen molar-refractivity contribution in [2.75, 3.05) is 13.1 Å². The first-order chi connectivity index (χ1) is 13.0. The van der Waals surface area contributed by atoms with Gasteiger partial charge in [0.25, 0.3) is 11.8 Å². The smallest absolute Gasteiger partial charge is 0.268 e. The van der Waals surface area contributed by atoms with Crippen LogP contribution in [-0.2, 0) is 16.6 Å². The molecule has 8 heteroatoms. The minimum atomic E-state index is -3.50. The molecule has 7 nitrogen and oxygen atoms in total. The Balaban J connectivity index is 1.52. The predicted octanol–water partition coefficient (Wildman–Crippen LogP) is 2.05. The van der Waals surface area contributed by atoms with Gasteiger partial charge in [-0.2, -0.15) is 4.31 Å². The number of sulfonamides is 1. The van der Waals surface area contributed by atoms with Crippen molar-refractivity contribution in [2.24, 2.45) is 0 Å². The van der Waals surface area contributed by atoms with Gasteiger partial charge < -0.3 is 0 Å². The zero-order chi connectivity index (χ0) is 19.0. The highest BCUT2D eigenvalue weighted by Gasteiger charge is 2.36. The number of rotatable bonds is 4. The molecule has 0 N–H and O–H groups in total. The van der Waals surface area contributed by atoms with Gasteiger partial charge in [-0.05, 0) is 42.7 Å². The van der Waals surface area contributed by atoms with Gasteiger partial charge in [-0.15, -0.1) is 0 Å². The Morgan fingerprint density at radius 1 is 0.926 bits per heavy atom. The van der Waals surface area contributed by atoms with Gasteiger partial charge in [0.05, 0.1) is 17.0 Å². The molecule has 4 rings (SSSR count). The summed E-state index contributed by atoms with van der Waals surface area (Å²) in [5, 5.41) is 0. The van der Waals surface area contributed by atoms with Crippen LogP contribution in [0.4, 0.5) is 0 Å². The fraction of sp³-hybridized carbons (Fsp3) is 0.316. The normalized spacial score (nSPS) is 18.0. The standard InChI is InChI=1S/C19H19N3O4S/c23-18-16-5-4-10-20-17(16)19(24)22(18)13-14-6-8-15(9-7-14)27(25,26)21-11-2-1-3-12-21/h4-10H,1-3,11-13H2. The van der Waals surface area contributed by atoms with Gasteiger partial charge in [-0.3, -0.25) is 19.5 Å². The van der Waals surface area contributed by atoms with E-state index >= 15 is 0 Å². The van der Waals surface area contributed by atoms with Gasteiger partial charge in [-0.1, -0.05) is 18.6 Å². The number of benzene rings is 1. The fourth-order valence-electron chi connectivity index (χ4n) is 3.46. The van der Waals surface area contributed by atoms with Crippen LogP contribution in [0.1, 0.15) is 45.7 Å². The number of nitrogens with zero attached hydrogens (tertiary/aromatic N) is 3. The molecule has 3 heterocycles. The number of pyridine rings is 1. The van der Waals surface area contributed by atoms with Crippen LogP contribution < -0.4 is 0 Å². The molecule has 1 saturated heterocycles. The highest BCUT2D eigenvalue weighted by atomic mass is 32.2. The zero-order valence-corrected chi connectivity index (χ0v) is 15.5. The molecule has 0 saturated carbocycles. The summed E-state index contributed by atoms with van der Waals surface area (Å²) in [5.41, 5.74) is 1.14. The Bertz CT molecular complexity index is 961. The van der Waals surface area contributed by atoms with Gasteiger partial charge >= 0.3 is 0 Å². The predicted molar refractivity (Wildman–Crippen MR) is 97.5 cm³/mol. The molecule has 2 aromatic rings. The average molecular weight is 385 g/mol. The molecule has 0 aliphatic carbocycles. The van der Waals surface area contributed by atoms with E-state index in [2.05, 4.69) is 4.98 Å². The second-order valence-electron chi connectivity index (χ2n) is 6.70. The number of imide groups is 1. The first-order valence-electron chi connectivity index (χ1n) is 8.89. The maximum Gasteiger partial charge on any atom is 0.280 e. The molecule has 0 spiro atoms. The van der Waals surface area contributed by atoms with Crippen LogP contribution >= 0.6 is 0 Å². The summed E-state index contributed by atoms with van der Waals surface area (Å²) in [5.74, 6) is -0.811. The average Bonchev–Trinajstić information content (AvgIpc) is 2.94. The third-order valence-electron chi connectivity index (χ3n) is 4.95. The Kier molecular flexibility index (Phi) is 4.53. The Hall–Kier alpha value is -2.58. The highest BCUT2D eigenvalue weighted by molar-refractivity contribution is 7.89. The van der Waals surface area contributed by atoms with Crippen LogP contribution in [0.25, 0.3) is 0 Å². The first-order valence-corrected chi connectivity index (χ1v) is 10.3. The van der Waals surface area contributed by atoms with E-state index in [4.69, 9.17) is 0 Å². The van der Waals surface area contributed by atoms with Crippen molar-refractivity contribution in [3.05, 3.63) is 59.4 Å². The molecule has 1 aromatic carbocycles. The van der Waals surface area contributed by atoms with Crippen molar-refractivity contribution in [2.45, 2.75) is 30.7 Å². The number of aromatic nitrogens is 1. The SMILES string of the molecule is O=C1c2cccnc2C(=O)N1Cc1ccc(S(=O)(=O)N2CCCCC2)cc1. The van der Waals surface area contributed by atoms with Crippen LogP contribution in [-0.4, -0.2) is 47.5 Å². The van der Waals surface area contributed by atoms with Crippen LogP contribution in [0.2, 0.25) is 0 Å². The molecule has 2 aliphatic heterocycles. The van der Waals surface area contributed by atoms with E-state index in [0.717, 1.165) is 24.2 Å². The van der Waals surface area contributed by atoms with Crippen molar-refractivity contribution in [3.63, 3.8) is 0 Å². The zero-order valence-electron chi connectivity index (χ0n) is 14.7. The largest absolute Gasteiger partial charge is 0.280 e. The van der Waals surface area contributed by atoms with E-state index in [0.29, 0.717) is 24.2 Å². The van der Waals surface area contributed by atoms with Crippen LogP contribution in [0.15, 0.2) is 47.5 Å². The number of carbonyl (C=O) groups excluding carboxylic acids is 2. The molecule has 27 heavy (non-hydrogen) atoms. The summed E-state index contributed by atoms with van der Waals surface area (Å²) in [6.07, 6.45) is 4.30. The maximum absolute atomic E-state index is 12.7. The molecule has 1 fully saturated rings. The molecule has 0 radical (unpaired) electrons.